The van der Waals surface area contributed by atoms with Gasteiger partial charge in [-0.1, -0.05) is 6.58 Å². The van der Waals surface area contributed by atoms with E-state index in [1.54, 1.807) is 6.92 Å². The third-order valence-electron chi connectivity index (χ3n) is 2.35. The topological polar surface area (TPSA) is 104 Å². The van der Waals surface area contributed by atoms with Crippen LogP contribution in [0.1, 0.15) is 17.3 Å². The first-order valence-corrected chi connectivity index (χ1v) is 5.72. The highest BCUT2D eigenvalue weighted by molar-refractivity contribution is 5.97. The molecule has 0 bridgehead atoms. The first-order chi connectivity index (χ1) is 8.91. The van der Waals surface area contributed by atoms with Gasteiger partial charge in [-0.3, -0.25) is 9.59 Å². The third-order valence-corrected chi connectivity index (χ3v) is 2.35. The Morgan fingerprint density at radius 2 is 1.95 bits per heavy atom. The van der Waals surface area contributed by atoms with Crippen molar-refractivity contribution in [1.29, 1.82) is 0 Å². The number of carbonyl (C=O) groups excluding carboxylic acids is 2. The van der Waals surface area contributed by atoms with E-state index in [0.717, 1.165) is 0 Å². The number of nitrogens with two attached hydrogens (primary N) is 1. The molecular weight excluding hydrogens is 246 g/mol. The Kier molecular flexibility index (Phi) is 4.93. The van der Waals surface area contributed by atoms with Gasteiger partial charge in [-0.2, -0.15) is 0 Å². The molecule has 0 aliphatic heterocycles. The number of phenols is 1. The Morgan fingerprint density at radius 1 is 1.32 bits per heavy atom. The van der Waals surface area contributed by atoms with E-state index in [1.165, 1.54) is 18.2 Å². The van der Waals surface area contributed by atoms with Crippen molar-refractivity contribution in [3.8, 4) is 5.75 Å². The van der Waals surface area contributed by atoms with E-state index in [2.05, 4.69) is 17.2 Å². The molecule has 5 N–H and O–H groups in total. The number of aromatic hydroxyl groups is 1. The van der Waals surface area contributed by atoms with E-state index in [-0.39, 0.29) is 30.3 Å². The number of anilines is 1. The van der Waals surface area contributed by atoms with Crippen LogP contribution in [0.15, 0.2) is 30.4 Å². The van der Waals surface area contributed by atoms with Gasteiger partial charge in [0.05, 0.1) is 5.56 Å². The number of nitrogen functional groups attached to an aromatic ring is 1. The smallest absolute Gasteiger partial charge is 0.255 e. The summed E-state index contributed by atoms with van der Waals surface area (Å²) in [5.41, 5.74) is 6.43. The summed E-state index contributed by atoms with van der Waals surface area (Å²) in [7, 11) is 0. The van der Waals surface area contributed by atoms with Crippen LogP contribution in [0.5, 0.6) is 5.75 Å². The summed E-state index contributed by atoms with van der Waals surface area (Å²) in [5, 5.41) is 14.7. The SMILES string of the molecule is C=C(C)C(=O)NCCNC(=O)c1cc(N)ccc1O. The van der Waals surface area contributed by atoms with Crippen LogP contribution in [0, 0.1) is 0 Å². The highest BCUT2D eigenvalue weighted by Crippen LogP contribution is 2.19. The van der Waals surface area contributed by atoms with Crippen LogP contribution in [0.4, 0.5) is 5.69 Å². The molecule has 6 heteroatoms. The second-order valence-electron chi connectivity index (χ2n) is 4.07. The first kappa shape index (κ1) is 14.6. The van der Waals surface area contributed by atoms with E-state index in [9.17, 15) is 14.7 Å². The van der Waals surface area contributed by atoms with E-state index < -0.39 is 5.91 Å². The normalized spacial score (nSPS) is 9.74. The minimum Gasteiger partial charge on any atom is -0.507 e. The van der Waals surface area contributed by atoms with Gasteiger partial charge in [0.2, 0.25) is 5.91 Å². The van der Waals surface area contributed by atoms with E-state index in [4.69, 9.17) is 5.73 Å². The maximum Gasteiger partial charge on any atom is 0.255 e. The molecule has 0 saturated heterocycles. The largest absolute Gasteiger partial charge is 0.507 e. The van der Waals surface area contributed by atoms with E-state index >= 15 is 0 Å². The Bertz CT molecular complexity index is 512. The molecule has 102 valence electrons. The van der Waals surface area contributed by atoms with Gasteiger partial charge in [-0.25, -0.2) is 0 Å². The molecule has 19 heavy (non-hydrogen) atoms. The van der Waals surface area contributed by atoms with Gasteiger partial charge in [0.15, 0.2) is 0 Å². The molecular formula is C13H17N3O3. The summed E-state index contributed by atoms with van der Waals surface area (Å²) in [6.07, 6.45) is 0. The molecule has 0 fully saturated rings. The summed E-state index contributed by atoms with van der Waals surface area (Å²) < 4.78 is 0. The number of hydrogen-bond donors (Lipinski definition) is 4. The van der Waals surface area contributed by atoms with Crippen molar-refractivity contribution in [3.63, 3.8) is 0 Å². The van der Waals surface area contributed by atoms with Crippen molar-refractivity contribution >= 4 is 17.5 Å². The Morgan fingerprint density at radius 3 is 2.58 bits per heavy atom. The average Bonchev–Trinajstić information content (AvgIpc) is 2.36. The fourth-order valence-electron chi connectivity index (χ4n) is 1.33. The van der Waals surface area contributed by atoms with E-state index in [1.807, 2.05) is 0 Å². The van der Waals surface area contributed by atoms with Gasteiger partial charge in [-0.05, 0) is 25.1 Å². The Hall–Kier alpha value is -2.50. The molecule has 2 amide bonds. The molecule has 0 aliphatic carbocycles. The van der Waals surface area contributed by atoms with Crippen LogP contribution in [-0.2, 0) is 4.79 Å². The number of amides is 2. The minimum atomic E-state index is -0.450. The lowest BCUT2D eigenvalue weighted by Crippen LogP contribution is -2.34. The summed E-state index contributed by atoms with van der Waals surface area (Å²) >= 11 is 0. The van der Waals surface area contributed by atoms with Crippen molar-refractivity contribution < 1.29 is 14.7 Å². The van der Waals surface area contributed by atoms with Crippen molar-refractivity contribution in [1.82, 2.24) is 10.6 Å². The van der Waals surface area contributed by atoms with Crippen LogP contribution >= 0.6 is 0 Å². The van der Waals surface area contributed by atoms with E-state index in [0.29, 0.717) is 11.3 Å². The minimum absolute atomic E-state index is 0.103. The summed E-state index contributed by atoms with van der Waals surface area (Å²) in [6.45, 7) is 5.61. The van der Waals surface area contributed by atoms with Gasteiger partial charge in [0, 0.05) is 24.4 Å². The second-order valence-corrected chi connectivity index (χ2v) is 4.07. The molecule has 0 saturated carbocycles. The summed E-state index contributed by atoms with van der Waals surface area (Å²) in [5.74, 6) is -0.854. The van der Waals surface area contributed by atoms with Gasteiger partial charge in [-0.15, -0.1) is 0 Å². The van der Waals surface area contributed by atoms with Gasteiger partial charge >= 0.3 is 0 Å². The predicted octanol–water partition coefficient (Wildman–Crippen LogP) is 0.396. The molecule has 0 radical (unpaired) electrons. The van der Waals surface area contributed by atoms with Crippen molar-refractivity contribution in [2.24, 2.45) is 0 Å². The number of benzene rings is 1. The van der Waals surface area contributed by atoms with Crippen LogP contribution in [0.2, 0.25) is 0 Å². The predicted molar refractivity (Wildman–Crippen MR) is 72.7 cm³/mol. The maximum absolute atomic E-state index is 11.7. The molecule has 0 heterocycles. The van der Waals surface area contributed by atoms with Gasteiger partial charge in [0.1, 0.15) is 5.75 Å². The maximum atomic E-state index is 11.7. The molecule has 1 aromatic rings. The monoisotopic (exact) mass is 263 g/mol. The van der Waals surface area contributed by atoms with Gasteiger partial charge < -0.3 is 21.5 Å². The fourth-order valence-corrected chi connectivity index (χ4v) is 1.33. The molecule has 0 atom stereocenters. The lowest BCUT2D eigenvalue weighted by atomic mass is 10.1. The lowest BCUT2D eigenvalue weighted by molar-refractivity contribution is -0.117. The number of carbonyl (C=O) groups is 2. The first-order valence-electron chi connectivity index (χ1n) is 5.72. The van der Waals surface area contributed by atoms with Crippen molar-refractivity contribution in [2.75, 3.05) is 18.8 Å². The fraction of sp³-hybridized carbons (Fsp3) is 0.231. The molecule has 1 rings (SSSR count). The van der Waals surface area contributed by atoms with Crippen LogP contribution < -0.4 is 16.4 Å². The highest BCUT2D eigenvalue weighted by Gasteiger charge is 2.10. The zero-order valence-corrected chi connectivity index (χ0v) is 10.7. The van der Waals surface area contributed by atoms with Crippen LogP contribution in [0.25, 0.3) is 0 Å². The molecule has 1 aromatic carbocycles. The molecule has 0 aromatic heterocycles. The Balaban J connectivity index is 2.46. The van der Waals surface area contributed by atoms with Crippen LogP contribution in [-0.4, -0.2) is 30.0 Å². The van der Waals surface area contributed by atoms with Gasteiger partial charge in [0.25, 0.3) is 5.91 Å². The molecule has 0 spiro atoms. The van der Waals surface area contributed by atoms with Crippen molar-refractivity contribution in [3.05, 3.63) is 35.9 Å². The third kappa shape index (κ3) is 4.34. The summed E-state index contributed by atoms with van der Waals surface area (Å²) in [4.78, 5) is 22.9. The zero-order valence-electron chi connectivity index (χ0n) is 10.7. The second kappa shape index (κ2) is 6.44. The van der Waals surface area contributed by atoms with Crippen molar-refractivity contribution in [2.45, 2.75) is 6.92 Å². The average molecular weight is 263 g/mol. The Labute approximate surface area is 111 Å². The number of nitrogens with one attached hydrogen (secondary N) is 2. The zero-order chi connectivity index (χ0) is 14.4. The molecule has 0 aliphatic rings. The quantitative estimate of drug-likeness (QED) is 0.267. The standard InChI is InChI=1S/C13H17N3O3/c1-8(2)12(18)15-5-6-16-13(19)10-7-9(14)3-4-11(10)17/h3-4,7,17H,1,5-6,14H2,2H3,(H,15,18)(H,16,19). The number of rotatable bonds is 5. The number of phenolic OH excluding ortho intramolecular Hbond substituents is 1. The molecule has 6 nitrogen and oxygen atoms in total. The molecule has 0 unspecified atom stereocenters. The highest BCUT2D eigenvalue weighted by atomic mass is 16.3. The lowest BCUT2D eigenvalue weighted by Gasteiger charge is -2.08. The van der Waals surface area contributed by atoms with Crippen LogP contribution in [0.3, 0.4) is 0 Å². The number of hydrogen-bond acceptors (Lipinski definition) is 4. The summed E-state index contributed by atoms with van der Waals surface area (Å²) in [6, 6.07) is 4.24.